The number of imidazole rings is 1. The molecule has 0 saturated carbocycles. The van der Waals surface area contributed by atoms with Gasteiger partial charge in [0.15, 0.2) is 11.5 Å². The average molecular weight is 261 g/mol. The molecule has 0 spiro atoms. The molecule has 0 amide bonds. The van der Waals surface area contributed by atoms with Crippen LogP contribution in [0.1, 0.15) is 20.8 Å². The maximum absolute atomic E-state index is 5.92. The molecule has 6 heteroatoms. The third kappa shape index (κ3) is 2.23. The van der Waals surface area contributed by atoms with Crippen molar-refractivity contribution in [3.63, 3.8) is 0 Å². The number of nitrogens with two attached hydrogens (primary N) is 1. The number of nitrogens with zero attached hydrogens (tertiary/aromatic N) is 4. The van der Waals surface area contributed by atoms with Crippen molar-refractivity contribution >= 4 is 17.3 Å². The van der Waals surface area contributed by atoms with Crippen LogP contribution in [0, 0.1) is 0 Å². The van der Waals surface area contributed by atoms with E-state index in [-0.39, 0.29) is 11.7 Å². The fraction of sp³-hybridized carbons (Fsp3) is 0.538. The van der Waals surface area contributed by atoms with E-state index in [1.807, 2.05) is 10.6 Å². The zero-order chi connectivity index (χ0) is 13.6. The Morgan fingerprint density at radius 2 is 2.26 bits per heavy atom. The van der Waals surface area contributed by atoms with Gasteiger partial charge < -0.3 is 19.8 Å². The Labute approximate surface area is 112 Å². The number of hydrogen-bond acceptors (Lipinski definition) is 5. The van der Waals surface area contributed by atoms with E-state index in [0.717, 1.165) is 24.6 Å². The van der Waals surface area contributed by atoms with E-state index in [0.29, 0.717) is 5.82 Å². The van der Waals surface area contributed by atoms with Gasteiger partial charge >= 0.3 is 0 Å². The van der Waals surface area contributed by atoms with Crippen molar-refractivity contribution in [1.29, 1.82) is 0 Å². The summed E-state index contributed by atoms with van der Waals surface area (Å²) in [5.41, 5.74) is 6.51. The molecule has 2 N–H and O–H groups in total. The Hall–Kier alpha value is -1.82. The van der Waals surface area contributed by atoms with Crippen LogP contribution in [0.2, 0.25) is 0 Å². The second-order valence-corrected chi connectivity index (χ2v) is 5.72. The molecular formula is C13H19N5O. The summed E-state index contributed by atoms with van der Waals surface area (Å²) in [6.07, 6.45) is 5.57. The van der Waals surface area contributed by atoms with Gasteiger partial charge in [-0.25, -0.2) is 9.97 Å². The maximum Gasteiger partial charge on any atom is 0.180 e. The summed E-state index contributed by atoms with van der Waals surface area (Å²) in [7, 11) is 0. The van der Waals surface area contributed by atoms with Gasteiger partial charge in [-0.15, -0.1) is 0 Å². The average Bonchev–Trinajstić information content (AvgIpc) is 2.72. The van der Waals surface area contributed by atoms with E-state index in [1.54, 1.807) is 12.4 Å². The van der Waals surface area contributed by atoms with Gasteiger partial charge in [0, 0.05) is 25.5 Å². The molecule has 1 unspecified atom stereocenters. The molecular weight excluding hydrogens is 242 g/mol. The first-order chi connectivity index (χ1) is 8.94. The smallest absolute Gasteiger partial charge is 0.180 e. The van der Waals surface area contributed by atoms with Gasteiger partial charge in [0.05, 0.1) is 17.9 Å². The Morgan fingerprint density at radius 3 is 3.00 bits per heavy atom. The SMILES string of the molecule is CC1CN(c2nc(N)cn3ccnc23)CC(C)(C)O1. The fourth-order valence-electron chi connectivity index (χ4n) is 2.76. The molecule has 6 nitrogen and oxygen atoms in total. The number of aromatic nitrogens is 3. The number of ether oxygens (including phenoxy) is 1. The molecule has 19 heavy (non-hydrogen) atoms. The molecule has 3 heterocycles. The molecule has 0 aliphatic carbocycles. The molecule has 102 valence electrons. The summed E-state index contributed by atoms with van der Waals surface area (Å²) >= 11 is 0. The van der Waals surface area contributed by atoms with E-state index in [2.05, 4.69) is 35.6 Å². The molecule has 2 aromatic heterocycles. The van der Waals surface area contributed by atoms with E-state index < -0.39 is 0 Å². The second-order valence-electron chi connectivity index (χ2n) is 5.72. The Bertz CT molecular complexity index is 606. The van der Waals surface area contributed by atoms with Gasteiger partial charge in [-0.1, -0.05) is 0 Å². The Balaban J connectivity index is 2.06. The molecule has 1 saturated heterocycles. The van der Waals surface area contributed by atoms with Crippen LogP contribution in [-0.4, -0.2) is 39.2 Å². The van der Waals surface area contributed by atoms with E-state index in [1.165, 1.54) is 0 Å². The Kier molecular flexibility index (Phi) is 2.63. The molecule has 3 rings (SSSR count). The number of fused-ring (bicyclic) bond motifs is 1. The van der Waals surface area contributed by atoms with E-state index in [4.69, 9.17) is 10.5 Å². The van der Waals surface area contributed by atoms with Crippen LogP contribution in [0.25, 0.3) is 5.65 Å². The van der Waals surface area contributed by atoms with Crippen molar-refractivity contribution in [3.8, 4) is 0 Å². The van der Waals surface area contributed by atoms with E-state index >= 15 is 0 Å². The first-order valence-electron chi connectivity index (χ1n) is 6.46. The predicted molar refractivity (Wildman–Crippen MR) is 74.2 cm³/mol. The minimum absolute atomic E-state index is 0.155. The molecule has 0 bridgehead atoms. The van der Waals surface area contributed by atoms with Crippen LogP contribution in [0.15, 0.2) is 18.6 Å². The highest BCUT2D eigenvalue weighted by atomic mass is 16.5. The quantitative estimate of drug-likeness (QED) is 0.838. The van der Waals surface area contributed by atoms with Crippen molar-refractivity contribution < 1.29 is 4.74 Å². The van der Waals surface area contributed by atoms with Gasteiger partial charge in [0.25, 0.3) is 0 Å². The van der Waals surface area contributed by atoms with Crippen molar-refractivity contribution in [1.82, 2.24) is 14.4 Å². The molecule has 1 fully saturated rings. The van der Waals surface area contributed by atoms with E-state index in [9.17, 15) is 0 Å². The summed E-state index contributed by atoms with van der Waals surface area (Å²) in [4.78, 5) is 11.0. The van der Waals surface area contributed by atoms with Crippen LogP contribution in [0.3, 0.4) is 0 Å². The molecule has 0 aromatic carbocycles. The zero-order valence-corrected chi connectivity index (χ0v) is 11.5. The lowest BCUT2D eigenvalue weighted by Crippen LogP contribution is -2.52. The van der Waals surface area contributed by atoms with Gasteiger partial charge in [-0.05, 0) is 20.8 Å². The van der Waals surface area contributed by atoms with Crippen molar-refractivity contribution in [2.24, 2.45) is 0 Å². The van der Waals surface area contributed by atoms with Crippen molar-refractivity contribution in [2.75, 3.05) is 23.7 Å². The first kappa shape index (κ1) is 12.2. The molecule has 1 aliphatic rings. The first-order valence-corrected chi connectivity index (χ1v) is 6.46. The summed E-state index contributed by atoms with van der Waals surface area (Å²) in [6.45, 7) is 7.82. The molecule has 2 aromatic rings. The highest BCUT2D eigenvalue weighted by Gasteiger charge is 2.33. The normalized spacial score (nSPS) is 22.9. The zero-order valence-electron chi connectivity index (χ0n) is 11.5. The monoisotopic (exact) mass is 261 g/mol. The van der Waals surface area contributed by atoms with Crippen LogP contribution in [0.5, 0.6) is 0 Å². The molecule has 1 atom stereocenters. The highest BCUT2D eigenvalue weighted by Crippen LogP contribution is 2.27. The molecule has 0 radical (unpaired) electrons. The summed E-state index contributed by atoms with van der Waals surface area (Å²) in [5, 5.41) is 0. The summed E-state index contributed by atoms with van der Waals surface area (Å²) in [5.74, 6) is 1.32. The number of morpholine rings is 1. The number of rotatable bonds is 1. The third-order valence-electron chi connectivity index (χ3n) is 3.24. The fourth-order valence-corrected chi connectivity index (χ4v) is 2.76. The minimum Gasteiger partial charge on any atom is -0.382 e. The van der Waals surface area contributed by atoms with Crippen LogP contribution in [-0.2, 0) is 4.74 Å². The van der Waals surface area contributed by atoms with Crippen LogP contribution >= 0.6 is 0 Å². The second kappa shape index (κ2) is 4.09. The lowest BCUT2D eigenvalue weighted by Gasteiger charge is -2.42. The van der Waals surface area contributed by atoms with Crippen molar-refractivity contribution in [3.05, 3.63) is 18.6 Å². The molecule has 1 aliphatic heterocycles. The predicted octanol–water partition coefficient (Wildman–Crippen LogP) is 1.32. The number of nitrogen functional groups attached to an aromatic ring is 1. The standard InChI is InChI=1S/C13H19N5O/c1-9-6-18(8-13(2,3)19-9)12-11-15-4-5-17(11)7-10(14)16-12/h4-5,7,9H,6,8,14H2,1-3H3. The third-order valence-corrected chi connectivity index (χ3v) is 3.24. The topological polar surface area (TPSA) is 68.7 Å². The van der Waals surface area contributed by atoms with Gasteiger partial charge in [-0.2, -0.15) is 0 Å². The van der Waals surface area contributed by atoms with Crippen LogP contribution in [0.4, 0.5) is 11.6 Å². The largest absolute Gasteiger partial charge is 0.382 e. The Morgan fingerprint density at radius 1 is 1.47 bits per heavy atom. The maximum atomic E-state index is 5.92. The van der Waals surface area contributed by atoms with Gasteiger partial charge in [0.2, 0.25) is 0 Å². The van der Waals surface area contributed by atoms with Gasteiger partial charge in [0.1, 0.15) is 5.82 Å². The van der Waals surface area contributed by atoms with Crippen LogP contribution < -0.4 is 10.6 Å². The lowest BCUT2D eigenvalue weighted by atomic mass is 10.1. The highest BCUT2D eigenvalue weighted by molar-refractivity contribution is 5.66. The number of hydrogen-bond donors (Lipinski definition) is 1. The number of anilines is 2. The van der Waals surface area contributed by atoms with Crippen molar-refractivity contribution in [2.45, 2.75) is 32.5 Å². The lowest BCUT2D eigenvalue weighted by molar-refractivity contribution is -0.0751. The minimum atomic E-state index is -0.201. The summed E-state index contributed by atoms with van der Waals surface area (Å²) in [6, 6.07) is 0. The summed E-state index contributed by atoms with van der Waals surface area (Å²) < 4.78 is 7.83. The van der Waals surface area contributed by atoms with Gasteiger partial charge in [-0.3, -0.25) is 0 Å².